The molecule has 2 N–H and O–H groups in total. The Balaban J connectivity index is 1.80. The van der Waals surface area contributed by atoms with Gasteiger partial charge in [-0.05, 0) is 43.4 Å². The van der Waals surface area contributed by atoms with Crippen molar-refractivity contribution in [2.75, 3.05) is 6.61 Å². The first kappa shape index (κ1) is 17.4. The molecule has 0 aliphatic carbocycles. The van der Waals surface area contributed by atoms with Gasteiger partial charge in [-0.2, -0.15) is 0 Å². The van der Waals surface area contributed by atoms with Gasteiger partial charge in [0.15, 0.2) is 0 Å². The Labute approximate surface area is 195 Å². The van der Waals surface area contributed by atoms with E-state index in [0.29, 0.717) is 0 Å². The monoisotopic (exact) mass is 443 g/mol. The maximum Gasteiger partial charge on any atom is 0.326 e. The van der Waals surface area contributed by atoms with Crippen LogP contribution in [-0.2, 0) is 38.5 Å². The molecule has 0 unspecified atom stereocenters. The highest BCUT2D eigenvalue weighted by atomic mass is 16.5. The van der Waals surface area contributed by atoms with Crippen LogP contribution in [0.3, 0.4) is 0 Å². The van der Waals surface area contributed by atoms with Crippen LogP contribution in [0, 0.1) is 0 Å². The lowest BCUT2D eigenvalue weighted by Crippen LogP contribution is -2.56. The molecule has 0 saturated heterocycles. The molecule has 170 valence electrons. The lowest BCUT2D eigenvalue weighted by Gasteiger charge is -2.36. The molecule has 0 aromatic heterocycles. The largest absolute Gasteiger partial charge is 0.480 e. The second kappa shape index (κ2) is 10.9. The molecule has 0 saturated carbocycles. The molecule has 3 rings (SSSR count). The highest BCUT2D eigenvalue weighted by molar-refractivity contribution is 5.88. The fourth-order valence-corrected chi connectivity index (χ4v) is 3.80. The highest BCUT2D eigenvalue weighted by Crippen LogP contribution is 2.24. The predicted octanol–water partition coefficient (Wildman–Crippen LogP) is 2.57. The minimum Gasteiger partial charge on any atom is -0.480 e. The van der Waals surface area contributed by atoms with E-state index < -0.39 is 54.1 Å². The van der Waals surface area contributed by atoms with E-state index in [1.807, 2.05) is 24.3 Å². The summed E-state index contributed by atoms with van der Waals surface area (Å²) in [6.07, 6.45) is 0.123. The zero-order valence-corrected chi connectivity index (χ0v) is 18.1. The van der Waals surface area contributed by atoms with Crippen molar-refractivity contribution in [2.24, 2.45) is 0 Å². The van der Waals surface area contributed by atoms with Crippen molar-refractivity contribution in [3.05, 3.63) is 71.2 Å². The average molecular weight is 444 g/mol. The number of hydrogen-bond acceptors (Lipinski definition) is 5. The van der Waals surface area contributed by atoms with Gasteiger partial charge in [-0.25, -0.2) is 4.79 Å². The predicted molar refractivity (Wildman–Crippen MR) is 120 cm³/mol. The number of ether oxygens (including phenoxy) is 1. The minimum atomic E-state index is -1.13. The maximum absolute atomic E-state index is 13.4. The number of carboxylic acids is 1. The lowest BCUT2D eigenvalue weighted by atomic mass is 9.93. The molecule has 7 nitrogen and oxygen atoms in total. The van der Waals surface area contributed by atoms with Crippen molar-refractivity contribution in [3.8, 4) is 0 Å². The number of carbonyl (C=O) groups is 3. The zero-order valence-electron chi connectivity index (χ0n) is 23.1. The highest BCUT2D eigenvalue weighted by Gasteiger charge is 2.37. The van der Waals surface area contributed by atoms with E-state index in [2.05, 4.69) is 5.32 Å². The summed E-state index contributed by atoms with van der Waals surface area (Å²) < 4.78 is 44.8. The number of rotatable bonds is 9. The molecule has 1 aliphatic heterocycles. The number of esters is 1. The number of benzene rings is 2. The standard InChI is InChI=1S/C25H30N2O5/c1-3-32-25(31)21(14-13-18-9-5-4-6-10-18)26-17(2)23(28)27-16-20-12-8-7-11-19(20)15-22(27)24(29)30/h4-12,17,21-22,26H,3,13-16H2,1-2H3,(H,29,30)/t17-,21-,22-/m1/s1/i4D,5D,6D,9D,10D. The summed E-state index contributed by atoms with van der Waals surface area (Å²) in [6, 6.07) is 2.13. The summed E-state index contributed by atoms with van der Waals surface area (Å²) in [5.74, 6) is -2.29. The van der Waals surface area contributed by atoms with Gasteiger partial charge in [0.05, 0.1) is 19.5 Å². The fraction of sp³-hybridized carbons (Fsp3) is 0.400. The smallest absolute Gasteiger partial charge is 0.326 e. The van der Waals surface area contributed by atoms with E-state index in [9.17, 15) is 19.5 Å². The number of nitrogens with zero attached hydrogens (tertiary/aromatic N) is 1. The molecular weight excluding hydrogens is 408 g/mol. The normalized spacial score (nSPS) is 19.4. The van der Waals surface area contributed by atoms with Crippen LogP contribution >= 0.6 is 0 Å². The van der Waals surface area contributed by atoms with Crippen LogP contribution < -0.4 is 5.32 Å². The molecule has 2 aromatic rings. The van der Waals surface area contributed by atoms with Gasteiger partial charge in [-0.1, -0.05) is 54.5 Å². The summed E-state index contributed by atoms with van der Waals surface area (Å²) in [4.78, 5) is 39.3. The Morgan fingerprint density at radius 3 is 2.56 bits per heavy atom. The molecule has 1 amide bonds. The van der Waals surface area contributed by atoms with Crippen molar-refractivity contribution >= 4 is 17.8 Å². The first-order chi connectivity index (χ1) is 17.5. The Morgan fingerprint density at radius 2 is 1.91 bits per heavy atom. The van der Waals surface area contributed by atoms with Gasteiger partial charge in [0.25, 0.3) is 0 Å². The van der Waals surface area contributed by atoms with Crippen LogP contribution in [0.1, 0.15) is 43.8 Å². The van der Waals surface area contributed by atoms with E-state index in [-0.39, 0.29) is 50.1 Å². The molecular formula is C25H30N2O5. The molecule has 0 radical (unpaired) electrons. The number of carboxylic acid groups (broad SMARTS) is 1. The minimum absolute atomic E-state index is 0.00433. The topological polar surface area (TPSA) is 95.9 Å². The van der Waals surface area contributed by atoms with E-state index >= 15 is 0 Å². The number of hydrogen-bond donors (Lipinski definition) is 2. The van der Waals surface area contributed by atoms with Gasteiger partial charge in [0.2, 0.25) is 5.91 Å². The zero-order chi connectivity index (χ0) is 27.4. The van der Waals surface area contributed by atoms with Crippen LogP contribution in [0.25, 0.3) is 0 Å². The number of nitrogens with one attached hydrogen (secondary N) is 1. The van der Waals surface area contributed by atoms with Crippen LogP contribution in [0.4, 0.5) is 0 Å². The number of aliphatic carboxylic acids is 1. The maximum atomic E-state index is 13.4. The second-order valence-electron chi connectivity index (χ2n) is 7.63. The van der Waals surface area contributed by atoms with Crippen molar-refractivity contribution < 1.29 is 31.1 Å². The Hall–Kier alpha value is -3.19. The molecule has 1 aliphatic rings. The first-order valence-corrected chi connectivity index (χ1v) is 10.6. The quantitative estimate of drug-likeness (QED) is 0.579. The second-order valence-corrected chi connectivity index (χ2v) is 7.63. The van der Waals surface area contributed by atoms with Gasteiger partial charge in [0.1, 0.15) is 12.1 Å². The molecule has 0 spiro atoms. The van der Waals surface area contributed by atoms with Crippen molar-refractivity contribution in [1.82, 2.24) is 10.2 Å². The van der Waals surface area contributed by atoms with Crippen molar-refractivity contribution in [3.63, 3.8) is 0 Å². The van der Waals surface area contributed by atoms with E-state index in [4.69, 9.17) is 11.6 Å². The Kier molecular flexibility index (Phi) is 5.92. The van der Waals surface area contributed by atoms with Crippen molar-refractivity contribution in [2.45, 2.75) is 57.8 Å². The average Bonchev–Trinajstić information content (AvgIpc) is 2.88. The third-order valence-corrected chi connectivity index (χ3v) is 5.44. The molecule has 0 bridgehead atoms. The summed E-state index contributed by atoms with van der Waals surface area (Å²) >= 11 is 0. The van der Waals surface area contributed by atoms with E-state index in [1.54, 1.807) is 6.92 Å². The lowest BCUT2D eigenvalue weighted by molar-refractivity contribution is -0.153. The van der Waals surface area contributed by atoms with Gasteiger partial charge < -0.3 is 14.7 Å². The molecule has 7 heteroatoms. The third kappa shape index (κ3) is 5.73. The number of amides is 1. The van der Waals surface area contributed by atoms with Gasteiger partial charge in [-0.15, -0.1) is 0 Å². The third-order valence-electron chi connectivity index (χ3n) is 5.44. The molecule has 32 heavy (non-hydrogen) atoms. The van der Waals surface area contributed by atoms with Crippen LogP contribution in [0.15, 0.2) is 54.5 Å². The van der Waals surface area contributed by atoms with Gasteiger partial charge in [0, 0.05) is 13.0 Å². The van der Waals surface area contributed by atoms with Crippen LogP contribution in [-0.4, -0.2) is 52.6 Å². The molecule has 0 fully saturated rings. The summed E-state index contributed by atoms with van der Waals surface area (Å²) in [5.41, 5.74) is 1.77. The van der Waals surface area contributed by atoms with Gasteiger partial charge >= 0.3 is 11.9 Å². The van der Waals surface area contributed by atoms with Crippen LogP contribution in [0.5, 0.6) is 0 Å². The van der Waals surface area contributed by atoms with E-state index in [0.717, 1.165) is 11.1 Å². The number of fused-ring (bicyclic) bond motifs is 1. The first-order valence-electron chi connectivity index (χ1n) is 13.1. The number of carbonyl (C=O) groups excluding carboxylic acids is 2. The molecule has 2 aromatic carbocycles. The van der Waals surface area contributed by atoms with Gasteiger partial charge in [-0.3, -0.25) is 14.9 Å². The molecule has 3 atom stereocenters. The fourth-order valence-electron chi connectivity index (χ4n) is 3.80. The summed E-state index contributed by atoms with van der Waals surface area (Å²) in [6.45, 7) is 3.35. The summed E-state index contributed by atoms with van der Waals surface area (Å²) in [5, 5.41) is 12.7. The van der Waals surface area contributed by atoms with E-state index in [1.165, 1.54) is 11.8 Å². The summed E-state index contributed by atoms with van der Waals surface area (Å²) in [7, 11) is 0. The Morgan fingerprint density at radius 1 is 1.22 bits per heavy atom. The molecule has 1 heterocycles. The van der Waals surface area contributed by atoms with Crippen LogP contribution in [0.2, 0.25) is 0 Å². The SMILES string of the molecule is [2H]c1c([2H])c([2H])c(CC[C@@H](N[C@H](C)C(=O)N2Cc3ccccc3C[C@@H]2C(=O)O)C(=O)OCC)c([2H])c1[2H]. The van der Waals surface area contributed by atoms with Crippen molar-refractivity contribution in [1.29, 1.82) is 0 Å². The Bertz CT molecular complexity index is 1180.